The van der Waals surface area contributed by atoms with Crippen molar-refractivity contribution in [1.29, 1.82) is 0 Å². The molecular formula is C13H24ClN3OS. The second kappa shape index (κ2) is 8.51. The van der Waals surface area contributed by atoms with Gasteiger partial charge in [0.1, 0.15) is 10.7 Å². The van der Waals surface area contributed by atoms with Crippen molar-refractivity contribution in [2.75, 3.05) is 13.1 Å². The highest BCUT2D eigenvalue weighted by molar-refractivity contribution is 7.09. The molecule has 1 aromatic heterocycles. The SMILES string of the molecule is CC(C)CN(CC(C)C)C(=O)c1csc(CN)n1.Cl. The topological polar surface area (TPSA) is 59.2 Å². The molecular weight excluding hydrogens is 282 g/mol. The first-order valence-corrected chi connectivity index (χ1v) is 7.25. The van der Waals surface area contributed by atoms with Gasteiger partial charge in [0.25, 0.3) is 5.91 Å². The minimum absolute atomic E-state index is 0. The number of nitrogens with zero attached hydrogens (tertiary/aromatic N) is 2. The Kier molecular flexibility index (Phi) is 8.22. The zero-order chi connectivity index (χ0) is 13.7. The summed E-state index contributed by atoms with van der Waals surface area (Å²) in [6.07, 6.45) is 0. The largest absolute Gasteiger partial charge is 0.337 e. The van der Waals surface area contributed by atoms with Gasteiger partial charge in [-0.05, 0) is 11.8 Å². The van der Waals surface area contributed by atoms with Gasteiger partial charge in [0.15, 0.2) is 0 Å². The van der Waals surface area contributed by atoms with E-state index in [-0.39, 0.29) is 18.3 Å². The van der Waals surface area contributed by atoms with Gasteiger partial charge in [0, 0.05) is 25.0 Å². The molecule has 19 heavy (non-hydrogen) atoms. The van der Waals surface area contributed by atoms with E-state index >= 15 is 0 Å². The van der Waals surface area contributed by atoms with Gasteiger partial charge >= 0.3 is 0 Å². The van der Waals surface area contributed by atoms with Gasteiger partial charge in [-0.15, -0.1) is 23.7 Å². The number of hydrogen-bond acceptors (Lipinski definition) is 4. The maximum absolute atomic E-state index is 12.4. The molecule has 6 heteroatoms. The number of carbonyl (C=O) groups is 1. The lowest BCUT2D eigenvalue weighted by Gasteiger charge is -2.25. The van der Waals surface area contributed by atoms with E-state index in [4.69, 9.17) is 5.73 Å². The molecule has 0 aliphatic heterocycles. The number of thiazole rings is 1. The predicted molar refractivity (Wildman–Crippen MR) is 82.8 cm³/mol. The Hall–Kier alpha value is -0.650. The van der Waals surface area contributed by atoms with E-state index in [1.807, 2.05) is 4.90 Å². The van der Waals surface area contributed by atoms with Crippen molar-refractivity contribution in [3.05, 3.63) is 16.1 Å². The van der Waals surface area contributed by atoms with Crippen molar-refractivity contribution in [3.63, 3.8) is 0 Å². The van der Waals surface area contributed by atoms with Gasteiger partial charge in [-0.2, -0.15) is 0 Å². The lowest BCUT2D eigenvalue weighted by atomic mass is 10.1. The summed E-state index contributed by atoms with van der Waals surface area (Å²) in [5.74, 6) is 0.939. The summed E-state index contributed by atoms with van der Waals surface area (Å²) in [6.45, 7) is 10.4. The van der Waals surface area contributed by atoms with Gasteiger partial charge in [-0.1, -0.05) is 27.7 Å². The summed E-state index contributed by atoms with van der Waals surface area (Å²) in [4.78, 5) is 18.5. The van der Waals surface area contributed by atoms with Crippen molar-refractivity contribution in [2.45, 2.75) is 34.2 Å². The predicted octanol–water partition coefficient (Wildman–Crippen LogP) is 2.78. The Labute approximate surface area is 125 Å². The third kappa shape index (κ3) is 5.89. The standard InChI is InChI=1S/C13H23N3OS.ClH/c1-9(2)6-16(7-10(3)4)13(17)11-8-18-12(5-14)15-11;/h8-10H,5-7,14H2,1-4H3;1H. The fraction of sp³-hybridized carbons (Fsp3) is 0.692. The van der Waals surface area contributed by atoms with E-state index in [1.54, 1.807) is 5.38 Å². The van der Waals surface area contributed by atoms with E-state index in [0.717, 1.165) is 18.1 Å². The monoisotopic (exact) mass is 305 g/mol. The molecule has 0 aliphatic carbocycles. The van der Waals surface area contributed by atoms with Gasteiger partial charge < -0.3 is 10.6 Å². The molecule has 1 rings (SSSR count). The third-order valence-electron chi connectivity index (χ3n) is 2.40. The third-order valence-corrected chi connectivity index (χ3v) is 3.27. The first kappa shape index (κ1) is 18.4. The van der Waals surface area contributed by atoms with Crippen LogP contribution < -0.4 is 5.73 Å². The molecule has 0 radical (unpaired) electrons. The lowest BCUT2D eigenvalue weighted by Crippen LogP contribution is -2.37. The van der Waals surface area contributed by atoms with Crippen LogP contribution in [0, 0.1) is 11.8 Å². The second-order valence-corrected chi connectivity index (χ2v) is 6.27. The van der Waals surface area contributed by atoms with E-state index in [9.17, 15) is 4.79 Å². The summed E-state index contributed by atoms with van der Waals surface area (Å²) in [5, 5.41) is 2.62. The molecule has 0 unspecified atom stereocenters. The molecule has 0 saturated heterocycles. The summed E-state index contributed by atoms with van der Waals surface area (Å²) in [6, 6.07) is 0. The maximum atomic E-state index is 12.4. The molecule has 1 heterocycles. The molecule has 1 aromatic rings. The van der Waals surface area contributed by atoms with Gasteiger partial charge in [0.2, 0.25) is 0 Å². The maximum Gasteiger partial charge on any atom is 0.273 e. The van der Waals surface area contributed by atoms with Crippen LogP contribution in [0.25, 0.3) is 0 Å². The van der Waals surface area contributed by atoms with Crippen LogP contribution in [0.15, 0.2) is 5.38 Å². The number of rotatable bonds is 6. The van der Waals surface area contributed by atoms with Gasteiger partial charge in [-0.25, -0.2) is 4.98 Å². The Morgan fingerprint density at radius 3 is 2.21 bits per heavy atom. The first-order valence-electron chi connectivity index (χ1n) is 6.37. The van der Waals surface area contributed by atoms with Crippen LogP contribution in [-0.2, 0) is 6.54 Å². The van der Waals surface area contributed by atoms with E-state index in [2.05, 4.69) is 32.7 Å². The second-order valence-electron chi connectivity index (χ2n) is 5.33. The summed E-state index contributed by atoms with van der Waals surface area (Å²) in [7, 11) is 0. The van der Waals surface area contributed by atoms with Crippen LogP contribution >= 0.6 is 23.7 Å². The fourth-order valence-electron chi connectivity index (χ4n) is 1.79. The van der Waals surface area contributed by atoms with E-state index < -0.39 is 0 Å². The van der Waals surface area contributed by atoms with E-state index in [1.165, 1.54) is 11.3 Å². The smallest absolute Gasteiger partial charge is 0.273 e. The van der Waals surface area contributed by atoms with E-state index in [0.29, 0.717) is 24.1 Å². The van der Waals surface area contributed by atoms with Gasteiger partial charge in [0.05, 0.1) is 0 Å². The average molecular weight is 306 g/mol. The number of nitrogens with two attached hydrogens (primary N) is 1. The summed E-state index contributed by atoms with van der Waals surface area (Å²) in [5.41, 5.74) is 6.05. The van der Waals surface area contributed by atoms with Crippen molar-refractivity contribution >= 4 is 29.7 Å². The molecule has 1 amide bonds. The van der Waals surface area contributed by atoms with Crippen LogP contribution in [0.1, 0.15) is 43.2 Å². The summed E-state index contributed by atoms with van der Waals surface area (Å²) >= 11 is 1.45. The highest BCUT2D eigenvalue weighted by atomic mass is 35.5. The Morgan fingerprint density at radius 1 is 1.32 bits per heavy atom. The van der Waals surface area contributed by atoms with Crippen LogP contribution in [0.5, 0.6) is 0 Å². The van der Waals surface area contributed by atoms with Crippen LogP contribution in [0.3, 0.4) is 0 Å². The molecule has 4 nitrogen and oxygen atoms in total. The van der Waals surface area contributed by atoms with Crippen LogP contribution in [0.2, 0.25) is 0 Å². The first-order chi connectivity index (χ1) is 8.43. The highest BCUT2D eigenvalue weighted by Crippen LogP contribution is 2.13. The molecule has 0 spiro atoms. The number of amides is 1. The normalized spacial score (nSPS) is 10.7. The van der Waals surface area contributed by atoms with Crippen molar-refractivity contribution in [2.24, 2.45) is 17.6 Å². The average Bonchev–Trinajstić information content (AvgIpc) is 2.74. The Bertz CT molecular complexity index is 383. The zero-order valence-corrected chi connectivity index (χ0v) is 13.7. The van der Waals surface area contributed by atoms with Crippen LogP contribution in [0.4, 0.5) is 0 Å². The molecule has 0 aromatic carbocycles. The van der Waals surface area contributed by atoms with Crippen molar-refractivity contribution in [1.82, 2.24) is 9.88 Å². The zero-order valence-electron chi connectivity index (χ0n) is 12.0. The number of aromatic nitrogens is 1. The molecule has 2 N–H and O–H groups in total. The number of halogens is 1. The minimum atomic E-state index is 0. The van der Waals surface area contributed by atoms with Crippen molar-refractivity contribution in [3.8, 4) is 0 Å². The van der Waals surface area contributed by atoms with Crippen molar-refractivity contribution < 1.29 is 4.79 Å². The highest BCUT2D eigenvalue weighted by Gasteiger charge is 2.20. The molecule has 110 valence electrons. The molecule has 0 bridgehead atoms. The number of hydrogen-bond donors (Lipinski definition) is 1. The Balaban J connectivity index is 0.00000324. The van der Waals surface area contributed by atoms with Crippen LogP contribution in [-0.4, -0.2) is 28.9 Å². The minimum Gasteiger partial charge on any atom is -0.337 e. The molecule has 0 fully saturated rings. The quantitative estimate of drug-likeness (QED) is 0.879. The molecule has 0 aliphatic rings. The van der Waals surface area contributed by atoms with Gasteiger partial charge in [-0.3, -0.25) is 4.79 Å². The fourth-order valence-corrected chi connectivity index (χ4v) is 2.44. The summed E-state index contributed by atoms with van der Waals surface area (Å²) < 4.78 is 0. The Morgan fingerprint density at radius 2 is 1.84 bits per heavy atom. The number of carbonyl (C=O) groups excluding carboxylic acids is 1. The lowest BCUT2D eigenvalue weighted by molar-refractivity contribution is 0.0710. The molecule has 0 atom stereocenters. The molecule has 0 saturated carbocycles.